The number of rotatable bonds is 2. The Bertz CT molecular complexity index is 1260. The lowest BCUT2D eigenvalue weighted by Crippen LogP contribution is -2.28. The number of H-pyrrole nitrogens is 1. The molecule has 1 aromatic carbocycles. The van der Waals surface area contributed by atoms with E-state index in [9.17, 15) is 9.59 Å². The average molecular weight is 389 g/mol. The number of hydrogen-bond acceptors (Lipinski definition) is 4. The lowest BCUT2D eigenvalue weighted by molar-refractivity contribution is 0.0911. The van der Waals surface area contributed by atoms with Crippen LogP contribution in [-0.4, -0.2) is 20.5 Å². The summed E-state index contributed by atoms with van der Waals surface area (Å²) in [5.41, 5.74) is 3.07. The molecule has 0 amide bonds. The number of thiophene rings is 1. The van der Waals surface area contributed by atoms with Gasteiger partial charge in [-0.05, 0) is 35.4 Å². The number of fused-ring (bicyclic) bond motifs is 2. The molecular formula is C22H19N3O2S. The summed E-state index contributed by atoms with van der Waals surface area (Å²) in [7, 11) is 0. The molecule has 3 aromatic heterocycles. The molecule has 6 heteroatoms. The molecule has 0 saturated carbocycles. The summed E-state index contributed by atoms with van der Waals surface area (Å²) in [4.78, 5) is 32.1. The van der Waals surface area contributed by atoms with Gasteiger partial charge < -0.3 is 0 Å². The Morgan fingerprint density at radius 1 is 1.04 bits per heavy atom. The van der Waals surface area contributed by atoms with Crippen molar-refractivity contribution in [1.29, 1.82) is 0 Å². The first-order valence-corrected chi connectivity index (χ1v) is 10.1. The normalized spacial score (nSPS) is 15.7. The van der Waals surface area contributed by atoms with Gasteiger partial charge in [0.2, 0.25) is 0 Å². The first kappa shape index (κ1) is 17.1. The van der Waals surface area contributed by atoms with Crippen molar-refractivity contribution in [3.05, 3.63) is 69.5 Å². The Kier molecular flexibility index (Phi) is 3.67. The fourth-order valence-electron chi connectivity index (χ4n) is 4.09. The zero-order valence-corrected chi connectivity index (χ0v) is 16.5. The number of pyridine rings is 1. The van der Waals surface area contributed by atoms with Crippen molar-refractivity contribution in [1.82, 2.24) is 14.8 Å². The van der Waals surface area contributed by atoms with Crippen molar-refractivity contribution in [2.75, 3.05) is 0 Å². The van der Waals surface area contributed by atoms with E-state index in [0.717, 1.165) is 21.8 Å². The fourth-order valence-corrected chi connectivity index (χ4v) is 4.87. The van der Waals surface area contributed by atoms with Gasteiger partial charge in [-0.15, -0.1) is 11.3 Å². The highest BCUT2D eigenvalue weighted by molar-refractivity contribution is 7.13. The highest BCUT2D eigenvalue weighted by Gasteiger charge is 2.36. The smallest absolute Gasteiger partial charge is 0.281 e. The standard InChI is InChI=1S/C22H19N3O2S/c1-22(2)11-14-17(15(26)12-22)18(16-9-6-10-28-16)19-20(23-14)24-25(21(19)27)13-7-4-3-5-8-13/h3-10H,11-12H2,1-2H3,(H,23,24). The molecule has 140 valence electrons. The number of carbonyl (C=O) groups is 1. The minimum absolute atomic E-state index is 0.0657. The Hall–Kier alpha value is -2.99. The zero-order chi connectivity index (χ0) is 19.5. The third-order valence-corrected chi connectivity index (χ3v) is 6.14. The predicted octanol–water partition coefficient (Wildman–Crippen LogP) is 4.60. The molecule has 3 heterocycles. The van der Waals surface area contributed by atoms with Crippen LogP contribution in [0.1, 0.15) is 36.3 Å². The van der Waals surface area contributed by atoms with E-state index in [0.29, 0.717) is 29.4 Å². The van der Waals surface area contributed by atoms with Gasteiger partial charge in [0.1, 0.15) is 0 Å². The van der Waals surface area contributed by atoms with E-state index >= 15 is 0 Å². The van der Waals surface area contributed by atoms with Gasteiger partial charge in [-0.2, -0.15) is 0 Å². The van der Waals surface area contributed by atoms with E-state index in [1.54, 1.807) is 0 Å². The van der Waals surface area contributed by atoms with Crippen LogP contribution in [0, 0.1) is 5.41 Å². The topological polar surface area (TPSA) is 67.8 Å². The number of ketones is 1. The zero-order valence-electron chi connectivity index (χ0n) is 15.7. The molecule has 1 N–H and O–H groups in total. The monoisotopic (exact) mass is 389 g/mol. The quantitative estimate of drug-likeness (QED) is 0.545. The number of benzene rings is 1. The molecule has 0 atom stereocenters. The predicted molar refractivity (Wildman–Crippen MR) is 111 cm³/mol. The summed E-state index contributed by atoms with van der Waals surface area (Å²) in [6.07, 6.45) is 1.17. The van der Waals surface area contributed by atoms with Crippen molar-refractivity contribution < 1.29 is 4.79 Å². The molecule has 4 aromatic rings. The van der Waals surface area contributed by atoms with Crippen LogP contribution >= 0.6 is 11.3 Å². The van der Waals surface area contributed by atoms with E-state index in [2.05, 4.69) is 18.9 Å². The molecule has 5 rings (SSSR count). The maximum Gasteiger partial charge on any atom is 0.281 e. The van der Waals surface area contributed by atoms with Crippen molar-refractivity contribution >= 4 is 28.2 Å². The summed E-state index contributed by atoms with van der Waals surface area (Å²) in [6, 6.07) is 13.3. The number of aromatic nitrogens is 3. The van der Waals surface area contributed by atoms with Crippen LogP contribution in [-0.2, 0) is 6.42 Å². The molecule has 0 bridgehead atoms. The van der Waals surface area contributed by atoms with Gasteiger partial charge in [0.25, 0.3) is 5.56 Å². The molecule has 0 fully saturated rings. The summed E-state index contributed by atoms with van der Waals surface area (Å²) < 4.78 is 1.51. The van der Waals surface area contributed by atoms with Crippen molar-refractivity contribution in [2.24, 2.45) is 5.41 Å². The molecule has 0 radical (unpaired) electrons. The number of para-hydroxylation sites is 1. The number of nitrogens with zero attached hydrogens (tertiary/aromatic N) is 2. The van der Waals surface area contributed by atoms with Gasteiger partial charge in [0.15, 0.2) is 11.4 Å². The van der Waals surface area contributed by atoms with E-state index in [1.807, 2.05) is 47.8 Å². The minimum Gasteiger partial charge on any atom is -0.294 e. The van der Waals surface area contributed by atoms with Gasteiger partial charge in [0.05, 0.1) is 16.8 Å². The third-order valence-electron chi connectivity index (χ3n) is 5.25. The number of aromatic amines is 1. The molecule has 5 nitrogen and oxygen atoms in total. The van der Waals surface area contributed by atoms with Crippen LogP contribution in [0.5, 0.6) is 0 Å². The molecule has 28 heavy (non-hydrogen) atoms. The molecule has 0 unspecified atom stereocenters. The summed E-state index contributed by atoms with van der Waals surface area (Å²) in [6.45, 7) is 4.17. The van der Waals surface area contributed by atoms with Gasteiger partial charge in [-0.1, -0.05) is 38.1 Å². The van der Waals surface area contributed by atoms with E-state index in [1.165, 1.54) is 16.0 Å². The van der Waals surface area contributed by atoms with Crippen LogP contribution in [0.3, 0.4) is 0 Å². The number of Topliss-reactive ketones (excluding diaryl/α,β-unsaturated/α-hetero) is 1. The van der Waals surface area contributed by atoms with Gasteiger partial charge in [-0.3, -0.25) is 14.7 Å². The van der Waals surface area contributed by atoms with E-state index < -0.39 is 0 Å². The SMILES string of the molecule is CC1(C)CC(=O)c2c(nc3[nH]n(-c4ccccc4)c(=O)c3c2-c2cccs2)C1. The second-order valence-electron chi connectivity index (χ2n) is 8.04. The summed E-state index contributed by atoms with van der Waals surface area (Å²) in [5, 5.41) is 5.61. The van der Waals surface area contributed by atoms with Gasteiger partial charge in [-0.25, -0.2) is 9.67 Å². The van der Waals surface area contributed by atoms with E-state index in [-0.39, 0.29) is 16.8 Å². The summed E-state index contributed by atoms with van der Waals surface area (Å²) >= 11 is 1.54. The Morgan fingerprint density at radius 3 is 2.54 bits per heavy atom. The van der Waals surface area contributed by atoms with Crippen LogP contribution in [0.15, 0.2) is 52.6 Å². The van der Waals surface area contributed by atoms with Crippen LogP contribution < -0.4 is 5.56 Å². The van der Waals surface area contributed by atoms with Crippen molar-refractivity contribution in [3.63, 3.8) is 0 Å². The number of hydrogen-bond donors (Lipinski definition) is 1. The van der Waals surface area contributed by atoms with Crippen molar-refractivity contribution in [3.8, 4) is 16.1 Å². The average Bonchev–Trinajstić information content (AvgIpc) is 3.28. The first-order chi connectivity index (χ1) is 13.4. The Morgan fingerprint density at radius 2 is 1.82 bits per heavy atom. The van der Waals surface area contributed by atoms with Crippen LogP contribution in [0.4, 0.5) is 0 Å². The highest BCUT2D eigenvalue weighted by atomic mass is 32.1. The Labute approximate surface area is 165 Å². The molecule has 1 aliphatic carbocycles. The fraction of sp³-hybridized carbons (Fsp3) is 0.227. The largest absolute Gasteiger partial charge is 0.294 e. The van der Waals surface area contributed by atoms with E-state index in [4.69, 9.17) is 4.98 Å². The molecular weight excluding hydrogens is 370 g/mol. The second kappa shape index (κ2) is 6.01. The number of nitrogens with one attached hydrogen (secondary N) is 1. The van der Waals surface area contributed by atoms with Gasteiger partial charge >= 0.3 is 0 Å². The number of carbonyl (C=O) groups excluding carboxylic acids is 1. The third kappa shape index (κ3) is 2.56. The van der Waals surface area contributed by atoms with Crippen LogP contribution in [0.2, 0.25) is 0 Å². The first-order valence-electron chi connectivity index (χ1n) is 9.25. The van der Waals surface area contributed by atoms with Crippen molar-refractivity contribution in [2.45, 2.75) is 26.7 Å². The second-order valence-corrected chi connectivity index (χ2v) is 8.99. The molecule has 0 aliphatic heterocycles. The van der Waals surface area contributed by atoms with Gasteiger partial charge in [0, 0.05) is 22.4 Å². The lowest BCUT2D eigenvalue weighted by Gasteiger charge is -2.30. The Balaban J connectivity index is 1.90. The summed E-state index contributed by atoms with van der Waals surface area (Å²) in [5.74, 6) is 0.0657. The molecule has 0 saturated heterocycles. The minimum atomic E-state index is -0.183. The molecule has 1 aliphatic rings. The molecule has 0 spiro atoms. The maximum absolute atomic E-state index is 13.3. The maximum atomic E-state index is 13.3. The highest BCUT2D eigenvalue weighted by Crippen LogP contribution is 2.41. The lowest BCUT2D eigenvalue weighted by atomic mass is 9.74. The van der Waals surface area contributed by atoms with Crippen LogP contribution in [0.25, 0.3) is 27.2 Å².